The van der Waals surface area contributed by atoms with E-state index in [-0.39, 0.29) is 30.6 Å². The summed E-state index contributed by atoms with van der Waals surface area (Å²) in [7, 11) is 1.55. The van der Waals surface area contributed by atoms with E-state index in [4.69, 9.17) is 9.47 Å². The molecule has 1 N–H and O–H groups in total. The standard InChI is InChI=1S/C17H24N2O4/c1-12(2)23-15-7-8-19(11-15)16(20)10-18-17(21)13-5-4-6-14(9-13)22-3/h4-6,9,12,15H,7-8,10-11H2,1-3H3,(H,18,21)/t15-/m1/s1. The summed E-state index contributed by atoms with van der Waals surface area (Å²) < 4.78 is 10.8. The molecule has 0 spiro atoms. The van der Waals surface area contributed by atoms with Crippen molar-refractivity contribution in [3.8, 4) is 5.75 Å². The molecular weight excluding hydrogens is 296 g/mol. The number of benzene rings is 1. The van der Waals surface area contributed by atoms with Crippen molar-refractivity contribution >= 4 is 11.8 Å². The van der Waals surface area contributed by atoms with Crippen molar-refractivity contribution in [3.05, 3.63) is 29.8 Å². The molecule has 2 rings (SSSR count). The Morgan fingerprint density at radius 2 is 2.17 bits per heavy atom. The molecule has 1 aliphatic heterocycles. The van der Waals surface area contributed by atoms with Gasteiger partial charge in [0.25, 0.3) is 5.91 Å². The summed E-state index contributed by atoms with van der Waals surface area (Å²) in [5.74, 6) is 0.236. The van der Waals surface area contributed by atoms with Gasteiger partial charge in [0.2, 0.25) is 5.91 Å². The third-order valence-corrected chi connectivity index (χ3v) is 3.69. The number of methoxy groups -OCH3 is 1. The van der Waals surface area contributed by atoms with Crippen LogP contribution in [0.4, 0.5) is 0 Å². The number of nitrogens with one attached hydrogen (secondary N) is 1. The molecule has 1 fully saturated rings. The summed E-state index contributed by atoms with van der Waals surface area (Å²) in [6.45, 7) is 5.22. The molecule has 0 aromatic heterocycles. The SMILES string of the molecule is COc1cccc(C(=O)NCC(=O)N2CC[C@@H](OC(C)C)C2)c1. The fourth-order valence-electron chi connectivity index (χ4n) is 2.58. The first kappa shape index (κ1) is 17.3. The summed E-state index contributed by atoms with van der Waals surface area (Å²) in [5, 5.41) is 2.66. The second-order valence-electron chi connectivity index (χ2n) is 5.85. The average molecular weight is 320 g/mol. The Morgan fingerprint density at radius 3 is 2.87 bits per heavy atom. The topological polar surface area (TPSA) is 67.9 Å². The molecule has 0 aliphatic carbocycles. The van der Waals surface area contributed by atoms with Gasteiger partial charge in [0.05, 0.1) is 25.9 Å². The maximum atomic E-state index is 12.2. The molecule has 0 radical (unpaired) electrons. The van der Waals surface area contributed by atoms with Crippen molar-refractivity contribution in [2.45, 2.75) is 32.5 Å². The summed E-state index contributed by atoms with van der Waals surface area (Å²) in [6.07, 6.45) is 1.09. The van der Waals surface area contributed by atoms with Crippen LogP contribution in [0.15, 0.2) is 24.3 Å². The Labute approximate surface area is 136 Å². The Kier molecular flexibility index (Phi) is 5.98. The third-order valence-electron chi connectivity index (χ3n) is 3.69. The fraction of sp³-hybridized carbons (Fsp3) is 0.529. The maximum Gasteiger partial charge on any atom is 0.251 e. The second-order valence-corrected chi connectivity index (χ2v) is 5.85. The molecule has 1 saturated heterocycles. The maximum absolute atomic E-state index is 12.2. The molecule has 126 valence electrons. The number of ether oxygens (including phenoxy) is 2. The van der Waals surface area contributed by atoms with E-state index in [2.05, 4.69) is 5.32 Å². The van der Waals surface area contributed by atoms with Crippen LogP contribution in [0.3, 0.4) is 0 Å². The van der Waals surface area contributed by atoms with E-state index in [1.54, 1.807) is 36.3 Å². The van der Waals surface area contributed by atoms with Crippen LogP contribution in [0.5, 0.6) is 5.75 Å². The van der Waals surface area contributed by atoms with Crippen LogP contribution in [0.25, 0.3) is 0 Å². The van der Waals surface area contributed by atoms with Crippen molar-refractivity contribution in [3.63, 3.8) is 0 Å². The van der Waals surface area contributed by atoms with E-state index in [9.17, 15) is 9.59 Å². The van der Waals surface area contributed by atoms with Gasteiger partial charge in [-0.1, -0.05) is 6.07 Å². The first-order valence-corrected chi connectivity index (χ1v) is 7.85. The number of hydrogen-bond donors (Lipinski definition) is 1. The Morgan fingerprint density at radius 1 is 1.39 bits per heavy atom. The van der Waals surface area contributed by atoms with Gasteiger partial charge in [0.15, 0.2) is 0 Å². The smallest absolute Gasteiger partial charge is 0.251 e. The number of carbonyl (C=O) groups excluding carboxylic acids is 2. The minimum atomic E-state index is -0.286. The Hall–Kier alpha value is -2.08. The van der Waals surface area contributed by atoms with Crippen LogP contribution in [-0.2, 0) is 9.53 Å². The zero-order valence-corrected chi connectivity index (χ0v) is 13.9. The monoisotopic (exact) mass is 320 g/mol. The third kappa shape index (κ3) is 4.96. The number of rotatable bonds is 6. The Balaban J connectivity index is 1.81. The summed E-state index contributed by atoms with van der Waals surface area (Å²) in [6, 6.07) is 6.83. The lowest BCUT2D eigenvalue weighted by atomic mass is 10.2. The first-order chi connectivity index (χ1) is 11.0. The quantitative estimate of drug-likeness (QED) is 0.861. The van der Waals surface area contributed by atoms with Crippen LogP contribution in [0.2, 0.25) is 0 Å². The minimum absolute atomic E-state index is 0.00948. The normalized spacial score (nSPS) is 17.4. The molecule has 6 nitrogen and oxygen atoms in total. The Bertz CT molecular complexity index is 559. The minimum Gasteiger partial charge on any atom is -0.497 e. The van der Waals surface area contributed by atoms with E-state index in [0.29, 0.717) is 24.4 Å². The van der Waals surface area contributed by atoms with Crippen molar-refractivity contribution in [2.75, 3.05) is 26.7 Å². The van der Waals surface area contributed by atoms with Gasteiger partial charge in [0.1, 0.15) is 5.75 Å². The van der Waals surface area contributed by atoms with Gasteiger partial charge in [0, 0.05) is 18.7 Å². The van der Waals surface area contributed by atoms with Crippen LogP contribution in [-0.4, -0.2) is 55.7 Å². The van der Waals surface area contributed by atoms with Crippen LogP contribution < -0.4 is 10.1 Å². The molecule has 23 heavy (non-hydrogen) atoms. The summed E-state index contributed by atoms with van der Waals surface area (Å²) >= 11 is 0. The number of amides is 2. The number of nitrogens with zero attached hydrogens (tertiary/aromatic N) is 1. The molecule has 0 saturated carbocycles. The number of carbonyl (C=O) groups is 2. The van der Waals surface area contributed by atoms with Crippen molar-refractivity contribution < 1.29 is 19.1 Å². The fourth-order valence-corrected chi connectivity index (χ4v) is 2.58. The number of hydrogen-bond acceptors (Lipinski definition) is 4. The van der Waals surface area contributed by atoms with Crippen molar-refractivity contribution in [1.29, 1.82) is 0 Å². The zero-order valence-electron chi connectivity index (χ0n) is 13.9. The van der Waals surface area contributed by atoms with Crippen molar-refractivity contribution in [2.24, 2.45) is 0 Å². The molecule has 0 bridgehead atoms. The lowest BCUT2D eigenvalue weighted by molar-refractivity contribution is -0.129. The van der Waals surface area contributed by atoms with E-state index < -0.39 is 0 Å². The van der Waals surface area contributed by atoms with Crippen molar-refractivity contribution in [1.82, 2.24) is 10.2 Å². The molecule has 1 aliphatic rings. The second kappa shape index (κ2) is 7.97. The first-order valence-electron chi connectivity index (χ1n) is 7.85. The molecule has 1 aromatic carbocycles. The van der Waals surface area contributed by atoms with Crippen LogP contribution >= 0.6 is 0 Å². The van der Waals surface area contributed by atoms with E-state index in [1.807, 2.05) is 13.8 Å². The van der Waals surface area contributed by atoms with Gasteiger partial charge in [-0.2, -0.15) is 0 Å². The van der Waals surface area contributed by atoms with Gasteiger partial charge in [-0.3, -0.25) is 9.59 Å². The van der Waals surface area contributed by atoms with Crippen LogP contribution in [0.1, 0.15) is 30.6 Å². The number of likely N-dealkylation sites (tertiary alicyclic amines) is 1. The van der Waals surface area contributed by atoms with Gasteiger partial charge in [-0.05, 0) is 38.5 Å². The van der Waals surface area contributed by atoms with Gasteiger partial charge >= 0.3 is 0 Å². The largest absolute Gasteiger partial charge is 0.497 e. The van der Waals surface area contributed by atoms with Crippen LogP contribution in [0, 0.1) is 0 Å². The molecule has 6 heteroatoms. The molecule has 1 atom stereocenters. The molecule has 1 aromatic rings. The lowest BCUT2D eigenvalue weighted by Crippen LogP contribution is -2.39. The molecule has 0 unspecified atom stereocenters. The molecule has 1 heterocycles. The van der Waals surface area contributed by atoms with E-state index >= 15 is 0 Å². The van der Waals surface area contributed by atoms with Gasteiger partial charge in [-0.25, -0.2) is 0 Å². The summed E-state index contributed by atoms with van der Waals surface area (Å²) in [4.78, 5) is 26.0. The predicted octanol–water partition coefficient (Wildman–Crippen LogP) is 1.45. The van der Waals surface area contributed by atoms with E-state index in [0.717, 1.165) is 6.42 Å². The van der Waals surface area contributed by atoms with Gasteiger partial charge < -0.3 is 19.7 Å². The molecule has 2 amide bonds. The molecular formula is C17H24N2O4. The van der Waals surface area contributed by atoms with E-state index in [1.165, 1.54) is 0 Å². The zero-order chi connectivity index (χ0) is 16.8. The average Bonchev–Trinajstić information content (AvgIpc) is 3.00. The summed E-state index contributed by atoms with van der Waals surface area (Å²) in [5.41, 5.74) is 0.472. The van der Waals surface area contributed by atoms with Gasteiger partial charge in [-0.15, -0.1) is 0 Å². The predicted molar refractivity (Wildman–Crippen MR) is 86.5 cm³/mol. The lowest BCUT2D eigenvalue weighted by Gasteiger charge is -2.18. The highest BCUT2D eigenvalue weighted by Gasteiger charge is 2.27. The highest BCUT2D eigenvalue weighted by molar-refractivity contribution is 5.96. The highest BCUT2D eigenvalue weighted by atomic mass is 16.5. The highest BCUT2D eigenvalue weighted by Crippen LogP contribution is 2.15.